The van der Waals surface area contributed by atoms with Crippen LogP contribution >= 0.6 is 0 Å². The first-order valence-corrected chi connectivity index (χ1v) is 35.9. The second-order valence-electron chi connectivity index (χ2n) is 40.3. The molecule has 0 saturated carbocycles. The van der Waals surface area contributed by atoms with Gasteiger partial charge in [0.05, 0.1) is 0 Å². The van der Waals surface area contributed by atoms with Gasteiger partial charge in [0.15, 0.2) is 0 Å². The molecule has 0 spiro atoms. The lowest BCUT2D eigenvalue weighted by molar-refractivity contribution is 0.550. The standard InChI is InChI=1S/C92H108B2/c1-83(2,3)49-31-33-71-55(35-49)63-37-51(85(7,8)9)39-65-59-45-57(75-67(89(19,20)21)41-53(87(13,14)15)42-68(75)90(22,23)24)62-48-74-78-60(66-40-52(86(10,11)12)38-64-56-36-50(84(4,5)6)32-34-72(56)94(74)82(64)66)46-58(61-47-73(93(71)81(63)65)77(59)79(62)80(61)78)76-69(91(25,26)27)43-54(88(16,17)18)44-70(76)92(28,29)30/h31-48H,1-30H3. The molecule has 482 valence electrons. The van der Waals surface area contributed by atoms with E-state index in [4.69, 9.17) is 0 Å². The molecule has 0 aromatic heterocycles. The van der Waals surface area contributed by atoms with Crippen molar-refractivity contribution in [2.45, 2.75) is 262 Å². The van der Waals surface area contributed by atoms with Gasteiger partial charge < -0.3 is 0 Å². The molecule has 4 heterocycles. The number of hydrogen-bond acceptors (Lipinski definition) is 0. The molecular weight excluding hydrogens is 1130 g/mol. The lowest BCUT2D eigenvalue weighted by Gasteiger charge is -2.37. The fourth-order valence-corrected chi connectivity index (χ4v) is 17.3. The first kappa shape index (κ1) is 64.7. The van der Waals surface area contributed by atoms with Crippen molar-refractivity contribution >= 4 is 78.5 Å². The van der Waals surface area contributed by atoms with Gasteiger partial charge in [0.1, 0.15) is 0 Å². The summed E-state index contributed by atoms with van der Waals surface area (Å²) in [5.74, 6) is 0. The molecule has 0 aliphatic carbocycles. The third-order valence-electron chi connectivity index (χ3n) is 22.9. The van der Waals surface area contributed by atoms with Crippen LogP contribution in [0.2, 0.25) is 0 Å². The largest absolute Gasteiger partial charge is 0.244 e. The fraction of sp³-hybridized carbons (Fsp3) is 0.435. The van der Waals surface area contributed by atoms with Crippen molar-refractivity contribution in [3.63, 3.8) is 0 Å². The molecule has 94 heavy (non-hydrogen) atoms. The molecule has 14 rings (SSSR count). The highest BCUT2D eigenvalue weighted by atomic mass is 14.4. The van der Waals surface area contributed by atoms with Crippen molar-refractivity contribution in [2.24, 2.45) is 0 Å². The van der Waals surface area contributed by atoms with Crippen LogP contribution in [-0.4, -0.2) is 13.4 Å². The Hall–Kier alpha value is -6.63. The molecular formula is C92H108B2. The average Bonchev–Trinajstić information content (AvgIpc) is 1.19. The Kier molecular flexibility index (Phi) is 13.5. The van der Waals surface area contributed by atoms with Crippen molar-refractivity contribution in [1.82, 2.24) is 0 Å². The predicted octanol–water partition coefficient (Wildman–Crippen LogP) is 21.8. The zero-order valence-electron chi connectivity index (χ0n) is 63.5. The quantitative estimate of drug-likeness (QED) is 0.120. The zero-order chi connectivity index (χ0) is 68.5. The molecule has 0 amide bonds. The van der Waals surface area contributed by atoms with E-state index in [0.29, 0.717) is 0 Å². The molecule has 0 atom stereocenters. The van der Waals surface area contributed by atoms with Crippen LogP contribution in [0.1, 0.15) is 263 Å². The Labute approximate surface area is 568 Å². The molecule has 0 radical (unpaired) electrons. The van der Waals surface area contributed by atoms with E-state index >= 15 is 0 Å². The molecule has 4 aliphatic rings. The minimum absolute atomic E-state index is 0.0200. The molecule has 0 N–H and O–H groups in total. The Morgan fingerprint density at radius 3 is 0.691 bits per heavy atom. The highest BCUT2D eigenvalue weighted by Gasteiger charge is 2.48. The molecule has 0 saturated heterocycles. The lowest BCUT2D eigenvalue weighted by Crippen LogP contribution is -2.53. The first-order valence-electron chi connectivity index (χ1n) is 35.9. The van der Waals surface area contributed by atoms with E-state index in [9.17, 15) is 0 Å². The SMILES string of the molecule is CC(C)(C)c1ccc2c(c1)-c1cc(C(C)(C)C)cc3c1B2c1cc2c(-c4c(C(C)(C)C)cc(C(C)(C)C)cc4C(C)(C)C)cc4c5c(cc6c(-c7c(C(C)(C)C)cc(C(C)(C)C)cc7C(C)(C)C)cc-3c1c6c25)B1c2ccc(C(C)(C)C)cc2-c2cc(C(C)(C)C)cc-4c21. The predicted molar refractivity (Wildman–Crippen MR) is 419 cm³/mol. The summed E-state index contributed by atoms with van der Waals surface area (Å²) in [5.41, 5.74) is 38.5. The zero-order valence-corrected chi connectivity index (χ0v) is 63.5. The van der Waals surface area contributed by atoms with Gasteiger partial charge in [-0.3, -0.25) is 0 Å². The maximum atomic E-state index is 2.81. The number of rotatable bonds is 2. The maximum Gasteiger partial charge on any atom is 0.244 e. The van der Waals surface area contributed by atoms with E-state index in [2.05, 4.69) is 317 Å². The van der Waals surface area contributed by atoms with Gasteiger partial charge in [-0.05, 0) is 221 Å². The van der Waals surface area contributed by atoms with Gasteiger partial charge in [0.2, 0.25) is 13.4 Å². The van der Waals surface area contributed by atoms with Gasteiger partial charge in [-0.2, -0.15) is 0 Å². The van der Waals surface area contributed by atoms with Crippen LogP contribution in [0, 0.1) is 0 Å². The van der Waals surface area contributed by atoms with Gasteiger partial charge in [-0.25, -0.2) is 0 Å². The second-order valence-corrected chi connectivity index (χ2v) is 40.3. The molecule has 0 fully saturated rings. The summed E-state index contributed by atoms with van der Waals surface area (Å²) in [6.45, 7) is 73.2. The van der Waals surface area contributed by atoms with Crippen LogP contribution in [0.15, 0.2) is 109 Å². The fourth-order valence-electron chi connectivity index (χ4n) is 17.3. The van der Waals surface area contributed by atoms with Crippen molar-refractivity contribution in [3.05, 3.63) is 165 Å². The minimum atomic E-state index is -0.192. The summed E-state index contributed by atoms with van der Waals surface area (Å²) in [7, 11) is 0. The summed E-state index contributed by atoms with van der Waals surface area (Å²) in [6, 6.07) is 47.5. The molecule has 10 aromatic carbocycles. The third-order valence-corrected chi connectivity index (χ3v) is 22.9. The summed E-state index contributed by atoms with van der Waals surface area (Å²) < 4.78 is 0. The van der Waals surface area contributed by atoms with E-state index in [1.54, 1.807) is 0 Å². The van der Waals surface area contributed by atoms with Gasteiger partial charge in [-0.15, -0.1) is 0 Å². The van der Waals surface area contributed by atoms with Crippen molar-refractivity contribution < 1.29 is 0 Å². The van der Waals surface area contributed by atoms with Crippen LogP contribution in [0.5, 0.6) is 0 Å². The molecule has 0 unspecified atom stereocenters. The normalized spacial score (nSPS) is 14.9. The van der Waals surface area contributed by atoms with Gasteiger partial charge in [-0.1, -0.05) is 338 Å². The maximum absolute atomic E-state index is 2.81. The second kappa shape index (κ2) is 19.6. The van der Waals surface area contributed by atoms with E-state index in [-0.39, 0.29) is 67.6 Å². The summed E-state index contributed by atoms with van der Waals surface area (Å²) in [6.07, 6.45) is 0. The topological polar surface area (TPSA) is 0 Å². The van der Waals surface area contributed by atoms with Crippen molar-refractivity contribution in [3.8, 4) is 66.8 Å². The lowest BCUT2D eigenvalue weighted by atomic mass is 9.34. The Bertz CT molecular complexity index is 4570. The van der Waals surface area contributed by atoms with Gasteiger partial charge >= 0.3 is 0 Å². The molecule has 10 aromatic rings. The van der Waals surface area contributed by atoms with Crippen molar-refractivity contribution in [2.75, 3.05) is 0 Å². The summed E-state index contributed by atoms with van der Waals surface area (Å²) >= 11 is 0. The van der Waals surface area contributed by atoms with Crippen molar-refractivity contribution in [1.29, 1.82) is 0 Å². The molecule has 2 heteroatoms. The third kappa shape index (κ3) is 9.62. The highest BCUT2D eigenvalue weighted by molar-refractivity contribution is 7.03. The van der Waals surface area contributed by atoms with Gasteiger partial charge in [0, 0.05) is 0 Å². The van der Waals surface area contributed by atoms with Crippen LogP contribution in [0.4, 0.5) is 0 Å². The molecule has 0 bridgehead atoms. The van der Waals surface area contributed by atoms with Crippen LogP contribution in [0.3, 0.4) is 0 Å². The van der Waals surface area contributed by atoms with E-state index in [0.717, 1.165) is 0 Å². The smallest absolute Gasteiger partial charge is 0.0661 e. The minimum Gasteiger partial charge on any atom is -0.0661 e. The van der Waals surface area contributed by atoms with E-state index in [1.165, 1.54) is 187 Å². The monoisotopic (exact) mass is 1230 g/mol. The Morgan fingerprint density at radius 2 is 0.436 bits per heavy atom. The summed E-state index contributed by atoms with van der Waals surface area (Å²) in [5, 5.41) is 8.53. The Morgan fingerprint density at radius 1 is 0.191 bits per heavy atom. The first-order chi connectivity index (χ1) is 43.0. The van der Waals surface area contributed by atoms with Crippen LogP contribution in [0.25, 0.3) is 99.1 Å². The number of hydrogen-bond donors (Lipinski definition) is 0. The molecule has 0 nitrogen and oxygen atoms in total. The Balaban J connectivity index is 1.31. The molecule has 4 aliphatic heterocycles. The van der Waals surface area contributed by atoms with Crippen LogP contribution < -0.4 is 32.8 Å². The number of benzene rings is 10. The number of fused-ring (bicyclic) bond motifs is 10. The van der Waals surface area contributed by atoms with E-state index < -0.39 is 0 Å². The average molecular weight is 1240 g/mol. The summed E-state index contributed by atoms with van der Waals surface area (Å²) in [4.78, 5) is 0. The van der Waals surface area contributed by atoms with E-state index in [1.807, 2.05) is 0 Å². The highest BCUT2D eigenvalue weighted by Crippen LogP contribution is 2.56. The van der Waals surface area contributed by atoms with Gasteiger partial charge in [0.25, 0.3) is 0 Å². The van der Waals surface area contributed by atoms with Crippen LogP contribution in [-0.2, 0) is 54.1 Å².